The quantitative estimate of drug-likeness (QED) is 0.834. The molecule has 1 spiro atoms. The van der Waals surface area contributed by atoms with E-state index < -0.39 is 0 Å². The topological polar surface area (TPSA) is 30.3 Å². The Morgan fingerprint density at radius 2 is 2.24 bits per heavy atom. The van der Waals surface area contributed by atoms with E-state index in [1.54, 1.807) is 0 Å². The highest BCUT2D eigenvalue weighted by Gasteiger charge is 2.49. The van der Waals surface area contributed by atoms with Gasteiger partial charge in [-0.2, -0.15) is 5.10 Å². The maximum Gasteiger partial charge on any atom is 0.0680 e. The van der Waals surface area contributed by atoms with Gasteiger partial charge in [-0.3, -0.25) is 9.58 Å². The fourth-order valence-corrected chi connectivity index (χ4v) is 5.21. The smallest absolute Gasteiger partial charge is 0.0680 e. The molecule has 1 aliphatic carbocycles. The molecular formula is C16H25N3OS. The van der Waals surface area contributed by atoms with Gasteiger partial charge in [0.05, 0.1) is 17.5 Å². The third kappa shape index (κ3) is 3.01. The van der Waals surface area contributed by atoms with Crippen molar-refractivity contribution < 1.29 is 4.74 Å². The highest BCUT2D eigenvalue weighted by molar-refractivity contribution is 8.01. The van der Waals surface area contributed by atoms with Gasteiger partial charge in [0.15, 0.2) is 0 Å². The van der Waals surface area contributed by atoms with Gasteiger partial charge in [-0.15, -0.1) is 11.8 Å². The molecule has 0 radical (unpaired) electrons. The van der Waals surface area contributed by atoms with Crippen molar-refractivity contribution in [2.45, 2.75) is 43.6 Å². The second-order valence-corrected chi connectivity index (χ2v) is 8.63. The number of likely N-dealkylation sites (tertiary alicyclic amines) is 1. The maximum atomic E-state index is 6.08. The van der Waals surface area contributed by atoms with Crippen LogP contribution in [-0.2, 0) is 18.3 Å². The average molecular weight is 307 g/mol. The van der Waals surface area contributed by atoms with Crippen LogP contribution in [0.1, 0.15) is 30.7 Å². The molecule has 3 fully saturated rings. The van der Waals surface area contributed by atoms with E-state index in [9.17, 15) is 0 Å². The molecule has 1 atom stereocenters. The molecule has 5 heteroatoms. The molecule has 1 aromatic rings. The normalized spacial score (nSPS) is 28.2. The minimum absolute atomic E-state index is 0.488. The van der Waals surface area contributed by atoms with Gasteiger partial charge in [0, 0.05) is 43.8 Å². The Kier molecular flexibility index (Phi) is 3.55. The molecular weight excluding hydrogens is 282 g/mol. The Balaban J connectivity index is 1.25. The number of ether oxygens (including phenoxy) is 1. The predicted molar refractivity (Wildman–Crippen MR) is 85.5 cm³/mol. The van der Waals surface area contributed by atoms with Crippen LogP contribution in [0.2, 0.25) is 0 Å². The number of rotatable bonds is 5. The van der Waals surface area contributed by atoms with Crippen molar-refractivity contribution in [2.24, 2.45) is 13.0 Å². The summed E-state index contributed by atoms with van der Waals surface area (Å²) in [6.07, 6.45) is 4.55. The first-order valence-corrected chi connectivity index (χ1v) is 9.08. The van der Waals surface area contributed by atoms with Gasteiger partial charge >= 0.3 is 0 Å². The van der Waals surface area contributed by atoms with E-state index in [1.807, 2.05) is 11.7 Å². The molecule has 4 rings (SSSR count). The van der Waals surface area contributed by atoms with Crippen molar-refractivity contribution in [2.75, 3.05) is 25.4 Å². The van der Waals surface area contributed by atoms with E-state index >= 15 is 0 Å². The third-order valence-corrected chi connectivity index (χ3v) is 6.52. The lowest BCUT2D eigenvalue weighted by Crippen LogP contribution is -2.58. The van der Waals surface area contributed by atoms with E-state index in [0.717, 1.165) is 24.8 Å². The number of aryl methyl sites for hydroxylation is 2. The molecule has 3 heterocycles. The van der Waals surface area contributed by atoms with Crippen molar-refractivity contribution in [3.8, 4) is 0 Å². The summed E-state index contributed by atoms with van der Waals surface area (Å²) in [6, 6.07) is 2.20. The fourth-order valence-electron chi connectivity index (χ4n) is 3.61. The summed E-state index contributed by atoms with van der Waals surface area (Å²) < 4.78 is 8.59. The second kappa shape index (κ2) is 5.28. The number of hydrogen-bond donors (Lipinski definition) is 0. The van der Waals surface area contributed by atoms with Crippen LogP contribution >= 0.6 is 11.8 Å². The number of thioether (sulfide) groups is 1. The lowest BCUT2D eigenvalue weighted by Gasteiger charge is -2.47. The zero-order chi connectivity index (χ0) is 14.4. The van der Waals surface area contributed by atoms with E-state index in [2.05, 4.69) is 34.8 Å². The Morgan fingerprint density at radius 1 is 1.43 bits per heavy atom. The molecule has 0 aromatic carbocycles. The molecule has 0 N–H and O–H groups in total. The summed E-state index contributed by atoms with van der Waals surface area (Å²) in [5.41, 5.74) is 2.44. The molecule has 0 amide bonds. The molecule has 4 nitrogen and oxygen atoms in total. The van der Waals surface area contributed by atoms with Crippen LogP contribution in [0.4, 0.5) is 0 Å². The van der Waals surface area contributed by atoms with E-state index in [1.165, 1.54) is 43.8 Å². The maximum absolute atomic E-state index is 6.08. The summed E-state index contributed by atoms with van der Waals surface area (Å²) in [5.74, 6) is 2.09. The highest BCUT2D eigenvalue weighted by Crippen LogP contribution is 2.46. The zero-order valence-corrected chi connectivity index (χ0v) is 13.9. The summed E-state index contributed by atoms with van der Waals surface area (Å²) in [5, 5.41) is 4.44. The second-order valence-electron chi connectivity index (χ2n) is 7.14. The van der Waals surface area contributed by atoms with Gasteiger partial charge in [-0.1, -0.05) is 0 Å². The van der Waals surface area contributed by atoms with Gasteiger partial charge in [-0.25, -0.2) is 0 Å². The summed E-state index contributed by atoms with van der Waals surface area (Å²) in [7, 11) is 2.05. The van der Waals surface area contributed by atoms with Crippen molar-refractivity contribution >= 4 is 11.8 Å². The summed E-state index contributed by atoms with van der Waals surface area (Å²) >= 11 is 2.15. The van der Waals surface area contributed by atoms with Gasteiger partial charge in [0.25, 0.3) is 0 Å². The molecule has 0 bridgehead atoms. The average Bonchev–Trinajstić information content (AvgIpc) is 3.05. The van der Waals surface area contributed by atoms with E-state index in [0.29, 0.717) is 10.9 Å². The van der Waals surface area contributed by atoms with Gasteiger partial charge in [0.2, 0.25) is 0 Å². The Morgan fingerprint density at radius 3 is 2.90 bits per heavy atom. The SMILES string of the molecule is Cc1cc(CN2CC3(C[C@H](OCC4CC4)CS3)C2)n(C)n1. The van der Waals surface area contributed by atoms with E-state index in [-0.39, 0.29) is 0 Å². The van der Waals surface area contributed by atoms with Crippen LogP contribution in [0, 0.1) is 12.8 Å². The van der Waals surface area contributed by atoms with Crippen molar-refractivity contribution in [3.63, 3.8) is 0 Å². The highest BCUT2D eigenvalue weighted by atomic mass is 32.2. The Bertz CT molecular complexity index is 520. The third-order valence-electron chi connectivity index (χ3n) is 4.95. The molecule has 2 aliphatic heterocycles. The fraction of sp³-hybridized carbons (Fsp3) is 0.812. The van der Waals surface area contributed by atoms with Crippen LogP contribution < -0.4 is 0 Å². The van der Waals surface area contributed by atoms with Gasteiger partial charge in [0.1, 0.15) is 0 Å². The first-order chi connectivity index (χ1) is 10.1. The molecule has 2 saturated heterocycles. The minimum atomic E-state index is 0.488. The lowest BCUT2D eigenvalue weighted by atomic mass is 9.93. The molecule has 1 aromatic heterocycles. The first kappa shape index (κ1) is 14.1. The summed E-state index contributed by atoms with van der Waals surface area (Å²) in [4.78, 5) is 2.55. The van der Waals surface area contributed by atoms with Crippen LogP contribution in [0.3, 0.4) is 0 Å². The molecule has 116 valence electrons. The number of hydrogen-bond acceptors (Lipinski definition) is 4. The number of nitrogens with zero attached hydrogens (tertiary/aromatic N) is 3. The lowest BCUT2D eigenvalue weighted by molar-refractivity contribution is 0.0300. The van der Waals surface area contributed by atoms with E-state index in [4.69, 9.17) is 4.74 Å². The first-order valence-electron chi connectivity index (χ1n) is 8.09. The standard InChI is InChI=1S/C16H25N3OS/c1-12-5-14(18(2)17-12)7-19-10-16(11-19)6-15(9-21-16)20-8-13-3-4-13/h5,13,15H,3-4,6-11H2,1-2H3/t15-/m0/s1. The largest absolute Gasteiger partial charge is 0.377 e. The molecule has 1 saturated carbocycles. The van der Waals surface area contributed by atoms with Crippen LogP contribution in [0.15, 0.2) is 6.07 Å². The van der Waals surface area contributed by atoms with Crippen LogP contribution in [0.25, 0.3) is 0 Å². The van der Waals surface area contributed by atoms with Gasteiger partial charge < -0.3 is 4.74 Å². The molecule has 3 aliphatic rings. The predicted octanol–water partition coefficient (Wildman–Crippen LogP) is 2.22. The monoisotopic (exact) mass is 307 g/mol. The molecule has 21 heavy (non-hydrogen) atoms. The Hall–Kier alpha value is -0.520. The Labute approximate surface area is 131 Å². The van der Waals surface area contributed by atoms with Crippen molar-refractivity contribution in [3.05, 3.63) is 17.5 Å². The van der Waals surface area contributed by atoms with Crippen LogP contribution in [0.5, 0.6) is 0 Å². The number of aromatic nitrogens is 2. The van der Waals surface area contributed by atoms with Crippen LogP contribution in [-0.4, -0.2) is 51.0 Å². The van der Waals surface area contributed by atoms with Gasteiger partial charge in [-0.05, 0) is 38.2 Å². The molecule has 0 unspecified atom stereocenters. The summed E-state index contributed by atoms with van der Waals surface area (Å²) in [6.45, 7) is 6.54. The van der Waals surface area contributed by atoms with Crippen molar-refractivity contribution in [1.82, 2.24) is 14.7 Å². The zero-order valence-electron chi connectivity index (χ0n) is 13.0. The van der Waals surface area contributed by atoms with Crippen molar-refractivity contribution in [1.29, 1.82) is 0 Å². The minimum Gasteiger partial charge on any atom is -0.377 e.